The molecule has 1 N–H and O–H groups in total. The zero-order valence-electron chi connectivity index (χ0n) is 12.5. The van der Waals surface area contributed by atoms with Gasteiger partial charge in [0.1, 0.15) is 6.33 Å². The van der Waals surface area contributed by atoms with E-state index in [0.29, 0.717) is 17.8 Å². The number of rotatable bonds is 4. The lowest BCUT2D eigenvalue weighted by atomic mass is 10.0. The molecule has 112 valence electrons. The summed E-state index contributed by atoms with van der Waals surface area (Å²) in [4.78, 5) is 19.9. The lowest BCUT2D eigenvalue weighted by molar-refractivity contribution is 0.441. The van der Waals surface area contributed by atoms with Gasteiger partial charge >= 0.3 is 0 Å². The number of aromatic nitrogens is 5. The molecule has 1 aliphatic heterocycles. The Hall–Kier alpha value is -2.18. The fraction of sp³-hybridized carbons (Fsp3) is 0.571. The van der Waals surface area contributed by atoms with Crippen molar-refractivity contribution in [1.82, 2.24) is 24.5 Å². The van der Waals surface area contributed by atoms with Gasteiger partial charge in [0.05, 0.1) is 0 Å². The Morgan fingerprint density at radius 3 is 2.86 bits per heavy atom. The summed E-state index contributed by atoms with van der Waals surface area (Å²) in [5.41, 5.74) is 0. The summed E-state index contributed by atoms with van der Waals surface area (Å²) in [5, 5.41) is 3.18. The Morgan fingerprint density at radius 2 is 2.14 bits per heavy atom. The molecule has 3 heterocycles. The second-order valence-electron chi connectivity index (χ2n) is 5.45. The van der Waals surface area contributed by atoms with Gasteiger partial charge in [-0.2, -0.15) is 15.0 Å². The molecule has 7 nitrogen and oxygen atoms in total. The van der Waals surface area contributed by atoms with Crippen molar-refractivity contribution in [2.24, 2.45) is 5.92 Å². The van der Waals surface area contributed by atoms with Crippen LogP contribution in [0.25, 0.3) is 5.95 Å². The van der Waals surface area contributed by atoms with Crippen LogP contribution in [0.4, 0.5) is 11.9 Å². The van der Waals surface area contributed by atoms with Gasteiger partial charge < -0.3 is 10.2 Å². The minimum Gasteiger partial charge on any atom is -0.354 e. The lowest BCUT2D eigenvalue weighted by Gasteiger charge is -2.31. The molecular weight excluding hydrogens is 266 g/mol. The molecule has 0 bridgehead atoms. The Bertz CT molecular complexity index is 581. The van der Waals surface area contributed by atoms with Gasteiger partial charge in [0, 0.05) is 32.0 Å². The van der Waals surface area contributed by atoms with Gasteiger partial charge in [-0.15, -0.1) is 0 Å². The van der Waals surface area contributed by atoms with Gasteiger partial charge in [-0.1, -0.05) is 6.92 Å². The van der Waals surface area contributed by atoms with Crippen LogP contribution in [0.15, 0.2) is 18.7 Å². The van der Waals surface area contributed by atoms with Gasteiger partial charge in [-0.05, 0) is 25.7 Å². The smallest absolute Gasteiger partial charge is 0.241 e. The molecule has 7 heteroatoms. The van der Waals surface area contributed by atoms with Crippen molar-refractivity contribution in [2.45, 2.75) is 26.7 Å². The first kappa shape index (κ1) is 13.8. The van der Waals surface area contributed by atoms with E-state index < -0.39 is 0 Å². The minimum atomic E-state index is 0.603. The highest BCUT2D eigenvalue weighted by Crippen LogP contribution is 2.21. The highest BCUT2D eigenvalue weighted by atomic mass is 15.3. The van der Waals surface area contributed by atoms with Crippen LogP contribution in [-0.2, 0) is 0 Å². The number of anilines is 2. The van der Waals surface area contributed by atoms with Crippen molar-refractivity contribution in [3.63, 3.8) is 0 Å². The van der Waals surface area contributed by atoms with Crippen LogP contribution in [0.2, 0.25) is 0 Å². The molecule has 1 aliphatic rings. The molecule has 0 saturated carbocycles. The molecule has 0 amide bonds. The predicted octanol–water partition coefficient (Wildman–Crippen LogP) is 1.73. The topological polar surface area (TPSA) is 71.8 Å². The molecular formula is C14H21N7. The summed E-state index contributed by atoms with van der Waals surface area (Å²) >= 11 is 0. The van der Waals surface area contributed by atoms with Crippen molar-refractivity contribution in [1.29, 1.82) is 0 Å². The van der Waals surface area contributed by atoms with Gasteiger partial charge in [-0.25, -0.2) is 4.98 Å². The van der Waals surface area contributed by atoms with E-state index in [9.17, 15) is 0 Å². The maximum absolute atomic E-state index is 4.60. The van der Waals surface area contributed by atoms with Crippen LogP contribution < -0.4 is 10.2 Å². The van der Waals surface area contributed by atoms with Crippen molar-refractivity contribution in [3.05, 3.63) is 18.7 Å². The van der Waals surface area contributed by atoms with Crippen LogP contribution in [0, 0.1) is 5.92 Å². The zero-order valence-corrected chi connectivity index (χ0v) is 12.5. The van der Waals surface area contributed by atoms with E-state index in [1.165, 1.54) is 12.8 Å². The highest BCUT2D eigenvalue weighted by Gasteiger charge is 2.20. The first-order valence-electron chi connectivity index (χ1n) is 7.49. The quantitative estimate of drug-likeness (QED) is 0.923. The number of hydrogen-bond donors (Lipinski definition) is 1. The highest BCUT2D eigenvalue weighted by molar-refractivity contribution is 5.40. The van der Waals surface area contributed by atoms with Crippen molar-refractivity contribution in [2.75, 3.05) is 29.9 Å². The monoisotopic (exact) mass is 287 g/mol. The van der Waals surface area contributed by atoms with Crippen LogP contribution in [0.1, 0.15) is 26.7 Å². The van der Waals surface area contributed by atoms with E-state index in [2.05, 4.69) is 37.1 Å². The minimum absolute atomic E-state index is 0.603. The molecule has 3 rings (SSSR count). The standard InChI is InChI=1S/C14H21N7/c1-3-16-12-17-13(20-7-4-5-11(2)9-20)19-14(18-12)21-8-6-15-10-21/h6,8,10-11H,3-5,7,9H2,1-2H3,(H,16,17,18,19). The number of piperidine rings is 1. The second-order valence-corrected chi connectivity index (χ2v) is 5.45. The summed E-state index contributed by atoms with van der Waals surface area (Å²) in [7, 11) is 0. The Balaban J connectivity index is 1.95. The third-order valence-corrected chi connectivity index (χ3v) is 3.62. The van der Waals surface area contributed by atoms with Gasteiger partial charge in [0.15, 0.2) is 0 Å². The van der Waals surface area contributed by atoms with Crippen LogP contribution >= 0.6 is 0 Å². The predicted molar refractivity (Wildman–Crippen MR) is 81.7 cm³/mol. The third-order valence-electron chi connectivity index (χ3n) is 3.62. The first-order chi connectivity index (χ1) is 10.3. The molecule has 0 spiro atoms. The summed E-state index contributed by atoms with van der Waals surface area (Å²) in [6, 6.07) is 0. The molecule has 1 atom stereocenters. The maximum Gasteiger partial charge on any atom is 0.241 e. The maximum atomic E-state index is 4.60. The molecule has 21 heavy (non-hydrogen) atoms. The van der Waals surface area contributed by atoms with Crippen LogP contribution in [0.3, 0.4) is 0 Å². The van der Waals surface area contributed by atoms with Crippen molar-refractivity contribution >= 4 is 11.9 Å². The number of hydrogen-bond acceptors (Lipinski definition) is 6. The number of nitrogens with zero attached hydrogens (tertiary/aromatic N) is 6. The Kier molecular flexibility index (Phi) is 3.98. The molecule has 2 aromatic rings. The van der Waals surface area contributed by atoms with E-state index in [4.69, 9.17) is 0 Å². The van der Waals surface area contributed by atoms with Crippen LogP contribution in [-0.4, -0.2) is 44.1 Å². The molecule has 0 radical (unpaired) electrons. The zero-order chi connectivity index (χ0) is 14.7. The van der Waals surface area contributed by atoms with E-state index in [-0.39, 0.29) is 0 Å². The average Bonchev–Trinajstić information content (AvgIpc) is 3.01. The molecule has 2 aromatic heterocycles. The largest absolute Gasteiger partial charge is 0.354 e. The molecule has 1 saturated heterocycles. The third kappa shape index (κ3) is 3.12. The van der Waals surface area contributed by atoms with E-state index in [1.807, 2.05) is 13.1 Å². The molecule has 1 unspecified atom stereocenters. The summed E-state index contributed by atoms with van der Waals surface area (Å²) in [6.45, 7) is 7.09. The first-order valence-corrected chi connectivity index (χ1v) is 7.49. The van der Waals surface area contributed by atoms with Gasteiger partial charge in [0.25, 0.3) is 0 Å². The van der Waals surface area contributed by atoms with Crippen molar-refractivity contribution in [3.8, 4) is 5.95 Å². The summed E-state index contributed by atoms with van der Waals surface area (Å²) in [6.07, 6.45) is 7.72. The Morgan fingerprint density at radius 1 is 1.29 bits per heavy atom. The van der Waals surface area contributed by atoms with E-state index >= 15 is 0 Å². The molecule has 0 aliphatic carbocycles. The normalized spacial score (nSPS) is 18.8. The summed E-state index contributed by atoms with van der Waals surface area (Å²) in [5.74, 6) is 2.64. The van der Waals surface area contributed by atoms with E-state index in [1.54, 1.807) is 17.1 Å². The van der Waals surface area contributed by atoms with Gasteiger partial charge in [0.2, 0.25) is 17.8 Å². The molecule has 0 aromatic carbocycles. The second kappa shape index (κ2) is 6.07. The molecule has 1 fully saturated rings. The average molecular weight is 287 g/mol. The fourth-order valence-corrected chi connectivity index (χ4v) is 2.60. The number of nitrogens with one attached hydrogen (secondary N) is 1. The van der Waals surface area contributed by atoms with E-state index in [0.717, 1.165) is 25.6 Å². The SMILES string of the molecule is CCNc1nc(N2CCCC(C)C2)nc(-n2ccnc2)n1. The fourth-order valence-electron chi connectivity index (χ4n) is 2.60. The van der Waals surface area contributed by atoms with Crippen LogP contribution in [0.5, 0.6) is 0 Å². The lowest BCUT2D eigenvalue weighted by Crippen LogP contribution is -2.36. The van der Waals surface area contributed by atoms with Crippen molar-refractivity contribution < 1.29 is 0 Å². The van der Waals surface area contributed by atoms with Gasteiger partial charge in [-0.3, -0.25) is 4.57 Å². The summed E-state index contributed by atoms with van der Waals surface area (Å²) < 4.78 is 1.80. The Labute approximate surface area is 124 Å². The number of imidazole rings is 1.